The summed E-state index contributed by atoms with van der Waals surface area (Å²) < 4.78 is 6.85. The molecule has 5 nitrogen and oxygen atoms in total. The fraction of sp³-hybridized carbons (Fsp3) is 0.952. The Kier molecular flexibility index (Phi) is 4.99. The molecule has 0 aromatic heterocycles. The molecule has 1 N–H and O–H groups in total. The SMILES string of the molecule is CCC(O)CN1C(=O)C2(CC(C)(C)N(C)C(C)(C)C2)OC12CCCCC2. The molecule has 1 atom stereocenters. The van der Waals surface area contributed by atoms with Crippen LogP contribution in [0.2, 0.25) is 0 Å². The Morgan fingerprint density at radius 3 is 2.12 bits per heavy atom. The fourth-order valence-electron chi connectivity index (χ4n) is 5.70. The highest BCUT2D eigenvalue weighted by atomic mass is 16.6. The number of likely N-dealkylation sites (tertiary alicyclic amines) is 1. The third kappa shape index (κ3) is 3.10. The number of hydrogen-bond acceptors (Lipinski definition) is 4. The van der Waals surface area contributed by atoms with Gasteiger partial charge >= 0.3 is 0 Å². The summed E-state index contributed by atoms with van der Waals surface area (Å²) in [5.41, 5.74) is -1.50. The van der Waals surface area contributed by atoms with Crippen molar-refractivity contribution in [2.75, 3.05) is 13.6 Å². The van der Waals surface area contributed by atoms with Crippen LogP contribution in [-0.4, -0.2) is 62.9 Å². The van der Waals surface area contributed by atoms with Gasteiger partial charge in [0.05, 0.1) is 6.10 Å². The van der Waals surface area contributed by atoms with Crippen LogP contribution >= 0.6 is 0 Å². The van der Waals surface area contributed by atoms with Crippen molar-refractivity contribution >= 4 is 5.91 Å². The normalized spacial score (nSPS) is 30.9. The third-order valence-electron chi connectivity index (χ3n) is 7.26. The number of amides is 1. The molecule has 0 bridgehead atoms. The van der Waals surface area contributed by atoms with Gasteiger partial charge in [-0.05, 0) is 66.8 Å². The van der Waals surface area contributed by atoms with Crippen LogP contribution in [0.3, 0.4) is 0 Å². The summed E-state index contributed by atoms with van der Waals surface area (Å²) >= 11 is 0. The Morgan fingerprint density at radius 2 is 1.62 bits per heavy atom. The van der Waals surface area contributed by atoms with Gasteiger partial charge in [0, 0.05) is 30.5 Å². The molecular weight excluding hydrogens is 328 g/mol. The van der Waals surface area contributed by atoms with Crippen molar-refractivity contribution in [1.82, 2.24) is 9.80 Å². The molecule has 3 fully saturated rings. The van der Waals surface area contributed by atoms with Gasteiger partial charge in [-0.1, -0.05) is 13.3 Å². The van der Waals surface area contributed by atoms with Gasteiger partial charge in [0.15, 0.2) is 5.60 Å². The van der Waals surface area contributed by atoms with E-state index in [2.05, 4.69) is 39.6 Å². The predicted molar refractivity (Wildman–Crippen MR) is 103 cm³/mol. The van der Waals surface area contributed by atoms with Crippen LogP contribution in [0.5, 0.6) is 0 Å². The topological polar surface area (TPSA) is 53.0 Å². The van der Waals surface area contributed by atoms with Gasteiger partial charge in [-0.3, -0.25) is 9.69 Å². The zero-order valence-corrected chi connectivity index (χ0v) is 17.6. The van der Waals surface area contributed by atoms with Crippen molar-refractivity contribution < 1.29 is 14.6 Å². The van der Waals surface area contributed by atoms with E-state index < -0.39 is 17.4 Å². The van der Waals surface area contributed by atoms with Crippen LogP contribution in [-0.2, 0) is 9.53 Å². The van der Waals surface area contributed by atoms with Gasteiger partial charge in [-0.25, -0.2) is 0 Å². The first-order valence-electron chi connectivity index (χ1n) is 10.4. The lowest BCUT2D eigenvalue weighted by atomic mass is 9.71. The van der Waals surface area contributed by atoms with E-state index in [1.54, 1.807) is 0 Å². The number of aliphatic hydroxyl groups is 1. The maximum absolute atomic E-state index is 13.8. The summed E-state index contributed by atoms with van der Waals surface area (Å²) in [7, 11) is 2.15. The molecule has 3 aliphatic rings. The van der Waals surface area contributed by atoms with E-state index in [9.17, 15) is 9.90 Å². The number of carbonyl (C=O) groups is 1. The lowest BCUT2D eigenvalue weighted by Crippen LogP contribution is -2.66. The van der Waals surface area contributed by atoms with E-state index in [-0.39, 0.29) is 17.0 Å². The molecule has 26 heavy (non-hydrogen) atoms. The van der Waals surface area contributed by atoms with E-state index in [1.165, 1.54) is 6.42 Å². The van der Waals surface area contributed by atoms with Gasteiger partial charge in [-0.2, -0.15) is 0 Å². The Bertz CT molecular complexity index is 533. The summed E-state index contributed by atoms with van der Waals surface area (Å²) in [6.45, 7) is 11.2. The van der Waals surface area contributed by atoms with Gasteiger partial charge in [0.2, 0.25) is 0 Å². The maximum atomic E-state index is 13.8. The van der Waals surface area contributed by atoms with Crippen LogP contribution in [0, 0.1) is 0 Å². The van der Waals surface area contributed by atoms with Crippen LogP contribution in [0.25, 0.3) is 0 Å². The zero-order valence-electron chi connectivity index (χ0n) is 17.6. The molecule has 5 heteroatoms. The van der Waals surface area contributed by atoms with Crippen molar-refractivity contribution in [3.05, 3.63) is 0 Å². The lowest BCUT2D eigenvalue weighted by Gasteiger charge is -2.56. The van der Waals surface area contributed by atoms with Crippen LogP contribution in [0.4, 0.5) is 0 Å². The first-order valence-corrected chi connectivity index (χ1v) is 10.4. The minimum absolute atomic E-state index is 0.112. The average Bonchev–Trinajstić information content (AvgIpc) is 2.74. The Balaban J connectivity index is 1.99. The summed E-state index contributed by atoms with van der Waals surface area (Å²) in [6, 6.07) is 0. The zero-order chi connectivity index (χ0) is 19.4. The first-order chi connectivity index (χ1) is 12.0. The van der Waals surface area contributed by atoms with Crippen LogP contribution in [0.15, 0.2) is 0 Å². The number of hydrogen-bond donors (Lipinski definition) is 1. The first kappa shape index (κ1) is 20.1. The number of β-amino-alcohol motifs (C(OH)–C–C–N with tert-alkyl or cyclic N) is 1. The minimum Gasteiger partial charge on any atom is -0.391 e. The van der Waals surface area contributed by atoms with E-state index in [4.69, 9.17) is 4.74 Å². The van der Waals surface area contributed by atoms with Gasteiger partial charge in [0.25, 0.3) is 5.91 Å². The molecular formula is C21H38N2O3. The molecule has 2 saturated heterocycles. The van der Waals surface area contributed by atoms with Crippen LogP contribution in [0.1, 0.15) is 86.0 Å². The lowest BCUT2D eigenvalue weighted by molar-refractivity contribution is -0.201. The molecule has 2 spiro atoms. The van der Waals surface area contributed by atoms with Crippen molar-refractivity contribution in [1.29, 1.82) is 0 Å². The molecule has 0 radical (unpaired) electrons. The number of nitrogens with zero attached hydrogens (tertiary/aromatic N) is 2. The Morgan fingerprint density at radius 1 is 1.08 bits per heavy atom. The fourth-order valence-corrected chi connectivity index (χ4v) is 5.70. The number of carbonyl (C=O) groups excluding carboxylic acids is 1. The smallest absolute Gasteiger partial charge is 0.257 e. The second-order valence-corrected chi connectivity index (χ2v) is 10.1. The summed E-state index contributed by atoms with van der Waals surface area (Å²) in [4.78, 5) is 18.1. The highest BCUT2D eigenvalue weighted by molar-refractivity contribution is 5.88. The average molecular weight is 367 g/mol. The van der Waals surface area contributed by atoms with Crippen LogP contribution < -0.4 is 0 Å². The van der Waals surface area contributed by atoms with Crippen molar-refractivity contribution in [2.45, 2.75) is 114 Å². The molecule has 2 heterocycles. The van der Waals surface area contributed by atoms with Crippen molar-refractivity contribution in [3.8, 4) is 0 Å². The monoisotopic (exact) mass is 366 g/mol. The maximum Gasteiger partial charge on any atom is 0.257 e. The second-order valence-electron chi connectivity index (χ2n) is 10.1. The number of ether oxygens (including phenoxy) is 1. The van der Waals surface area contributed by atoms with Gasteiger partial charge in [-0.15, -0.1) is 0 Å². The van der Waals surface area contributed by atoms with Crippen molar-refractivity contribution in [2.24, 2.45) is 0 Å². The van der Waals surface area contributed by atoms with E-state index in [0.717, 1.165) is 25.7 Å². The summed E-state index contributed by atoms with van der Waals surface area (Å²) in [5, 5.41) is 10.3. The Labute approximate surface area is 159 Å². The second kappa shape index (κ2) is 6.46. The van der Waals surface area contributed by atoms with Crippen molar-refractivity contribution in [3.63, 3.8) is 0 Å². The molecule has 2 aliphatic heterocycles. The van der Waals surface area contributed by atoms with E-state index in [0.29, 0.717) is 25.8 Å². The molecule has 1 aliphatic carbocycles. The molecule has 0 aromatic carbocycles. The number of piperidine rings is 1. The Hall–Kier alpha value is -0.650. The number of rotatable bonds is 3. The minimum atomic E-state index is -0.760. The van der Waals surface area contributed by atoms with E-state index >= 15 is 0 Å². The third-order valence-corrected chi connectivity index (χ3v) is 7.26. The quantitative estimate of drug-likeness (QED) is 0.833. The molecule has 150 valence electrons. The predicted octanol–water partition coefficient (Wildman–Crippen LogP) is 3.30. The molecule has 1 saturated carbocycles. The van der Waals surface area contributed by atoms with Gasteiger partial charge < -0.3 is 14.7 Å². The summed E-state index contributed by atoms with van der Waals surface area (Å²) in [5.74, 6) is 0.112. The molecule has 1 amide bonds. The number of aliphatic hydroxyl groups excluding tert-OH is 1. The van der Waals surface area contributed by atoms with E-state index in [1.807, 2.05) is 11.8 Å². The highest BCUT2D eigenvalue weighted by Gasteiger charge is 2.65. The molecule has 3 rings (SSSR count). The highest BCUT2D eigenvalue weighted by Crippen LogP contribution is 2.53. The largest absolute Gasteiger partial charge is 0.391 e. The molecule has 0 aromatic rings. The standard InChI is InChI=1S/C21H38N2O3/c1-7-16(24)13-23-17(25)20(26-21(23)11-9-8-10-12-21)14-18(2,3)22(6)19(4,5)15-20/h16,24H,7-15H2,1-6H3. The summed E-state index contributed by atoms with van der Waals surface area (Å²) in [6.07, 6.45) is 6.77. The van der Waals surface area contributed by atoms with Gasteiger partial charge in [0.1, 0.15) is 5.72 Å². The molecule has 1 unspecified atom stereocenters.